The second-order valence-corrected chi connectivity index (χ2v) is 9.76. The van der Waals surface area contributed by atoms with Crippen LogP contribution in [-0.2, 0) is 41.1 Å². The van der Waals surface area contributed by atoms with Crippen LogP contribution in [0.15, 0.2) is 0 Å². The van der Waals surface area contributed by atoms with Gasteiger partial charge in [-0.15, -0.1) is 33.3 Å². The van der Waals surface area contributed by atoms with Crippen molar-refractivity contribution >= 4 is 40.0 Å². The molecule has 2 aromatic rings. The first kappa shape index (κ1) is 21.4. The van der Waals surface area contributed by atoms with E-state index in [0.717, 1.165) is 62.3 Å². The van der Waals surface area contributed by atoms with Crippen LogP contribution < -0.4 is 5.32 Å². The van der Waals surface area contributed by atoms with Crippen LogP contribution in [0.2, 0.25) is 0 Å². The topological polar surface area (TPSA) is 86.1 Å². The molecule has 0 saturated carbocycles. The number of ether oxygens (including phenoxy) is 1. The average Bonchev–Trinajstić information content (AvgIpc) is 3.19. The van der Waals surface area contributed by atoms with Gasteiger partial charge in [-0.2, -0.15) is 0 Å². The number of hydrogen-bond donors (Lipinski definition) is 1. The Morgan fingerprint density at radius 1 is 1.13 bits per heavy atom. The van der Waals surface area contributed by atoms with Gasteiger partial charge in [0.15, 0.2) is 0 Å². The molecule has 0 saturated heterocycles. The number of carbonyl (C=O) groups is 2. The molecule has 3 heterocycles. The Bertz CT molecular complexity index is 922. The van der Waals surface area contributed by atoms with Crippen LogP contribution in [-0.4, -0.2) is 39.0 Å². The lowest BCUT2D eigenvalue weighted by Crippen LogP contribution is -2.17. The standard InChI is InChI=1S/C21H28N4O3S2/c1-2-28-21(27)19-14-8-5-6-9-15(14)30-20(19)22-18(26)13-29-12-17-24-23-16-10-4-3-7-11-25(16)17/h2-13H2,1H3,(H,22,26). The SMILES string of the molecule is CCOC(=O)c1c(NC(=O)CSCc2nnc3n2CCCCC3)sc2c1CCCC2. The largest absolute Gasteiger partial charge is 0.462 e. The Balaban J connectivity index is 1.38. The molecular weight excluding hydrogens is 420 g/mol. The lowest BCUT2D eigenvalue weighted by molar-refractivity contribution is -0.113. The Morgan fingerprint density at radius 2 is 1.97 bits per heavy atom. The van der Waals surface area contributed by atoms with Crippen LogP contribution in [0.25, 0.3) is 0 Å². The highest BCUT2D eigenvalue weighted by Gasteiger charge is 2.27. The molecule has 0 radical (unpaired) electrons. The molecule has 162 valence electrons. The number of rotatable bonds is 7. The minimum atomic E-state index is -0.328. The Kier molecular flexibility index (Phi) is 7.09. The number of amides is 1. The third-order valence-corrected chi connectivity index (χ3v) is 7.69. The number of aromatic nitrogens is 3. The molecule has 0 unspecified atom stereocenters. The molecule has 7 nitrogen and oxygen atoms in total. The number of anilines is 1. The van der Waals surface area contributed by atoms with Gasteiger partial charge in [-0.05, 0) is 51.0 Å². The van der Waals surface area contributed by atoms with E-state index < -0.39 is 0 Å². The summed E-state index contributed by atoms with van der Waals surface area (Å²) in [4.78, 5) is 26.3. The quantitative estimate of drug-likeness (QED) is 0.645. The van der Waals surface area contributed by atoms with Gasteiger partial charge >= 0.3 is 5.97 Å². The van der Waals surface area contributed by atoms with Gasteiger partial charge in [-0.25, -0.2) is 4.79 Å². The van der Waals surface area contributed by atoms with Crippen LogP contribution in [0.4, 0.5) is 5.00 Å². The first-order chi connectivity index (χ1) is 14.7. The molecule has 1 aliphatic carbocycles. The van der Waals surface area contributed by atoms with Gasteiger partial charge in [0.25, 0.3) is 0 Å². The summed E-state index contributed by atoms with van der Waals surface area (Å²) >= 11 is 3.06. The summed E-state index contributed by atoms with van der Waals surface area (Å²) in [5.74, 6) is 2.56. The molecule has 4 rings (SSSR count). The van der Waals surface area contributed by atoms with E-state index in [0.29, 0.717) is 28.7 Å². The highest BCUT2D eigenvalue weighted by atomic mass is 32.2. The predicted molar refractivity (Wildman–Crippen MR) is 119 cm³/mol. The number of thioether (sulfide) groups is 1. The van der Waals surface area contributed by atoms with Gasteiger partial charge in [-0.3, -0.25) is 4.79 Å². The number of nitrogens with one attached hydrogen (secondary N) is 1. The van der Waals surface area contributed by atoms with Crippen molar-refractivity contribution in [3.8, 4) is 0 Å². The normalized spacial score (nSPS) is 15.8. The smallest absolute Gasteiger partial charge is 0.341 e. The van der Waals surface area contributed by atoms with Crippen molar-refractivity contribution in [3.05, 3.63) is 27.7 Å². The number of carbonyl (C=O) groups excluding carboxylic acids is 2. The number of hydrogen-bond acceptors (Lipinski definition) is 7. The van der Waals surface area contributed by atoms with E-state index in [-0.39, 0.29) is 11.9 Å². The van der Waals surface area contributed by atoms with Gasteiger partial charge < -0.3 is 14.6 Å². The van der Waals surface area contributed by atoms with Crippen molar-refractivity contribution in [3.63, 3.8) is 0 Å². The molecule has 0 fully saturated rings. The first-order valence-electron chi connectivity index (χ1n) is 10.8. The molecule has 0 aromatic carbocycles. The van der Waals surface area contributed by atoms with E-state index in [9.17, 15) is 9.59 Å². The van der Waals surface area contributed by atoms with Crippen molar-refractivity contribution in [2.75, 3.05) is 17.7 Å². The van der Waals surface area contributed by atoms with E-state index in [1.54, 1.807) is 6.92 Å². The molecule has 9 heteroatoms. The molecule has 0 bridgehead atoms. The highest BCUT2D eigenvalue weighted by molar-refractivity contribution is 7.99. The fourth-order valence-electron chi connectivity index (χ4n) is 4.12. The number of thiophene rings is 1. The fraction of sp³-hybridized carbons (Fsp3) is 0.619. The summed E-state index contributed by atoms with van der Waals surface area (Å²) in [5.41, 5.74) is 1.64. The average molecular weight is 449 g/mol. The van der Waals surface area contributed by atoms with Crippen molar-refractivity contribution in [2.45, 2.75) is 70.6 Å². The van der Waals surface area contributed by atoms with Crippen LogP contribution in [0, 0.1) is 0 Å². The summed E-state index contributed by atoms with van der Waals surface area (Å²) in [6.45, 7) is 3.10. The van der Waals surface area contributed by atoms with E-state index in [4.69, 9.17) is 4.74 Å². The molecule has 2 aliphatic rings. The van der Waals surface area contributed by atoms with Crippen LogP contribution >= 0.6 is 23.1 Å². The molecule has 1 amide bonds. The maximum absolute atomic E-state index is 12.6. The molecular formula is C21H28N4O3S2. The van der Waals surface area contributed by atoms with Gasteiger partial charge in [0, 0.05) is 17.8 Å². The number of esters is 1. The van der Waals surface area contributed by atoms with Crippen molar-refractivity contribution < 1.29 is 14.3 Å². The molecule has 0 atom stereocenters. The minimum Gasteiger partial charge on any atom is -0.462 e. The van der Waals surface area contributed by atoms with Gasteiger partial charge in [0.2, 0.25) is 5.91 Å². The molecule has 30 heavy (non-hydrogen) atoms. The highest BCUT2D eigenvalue weighted by Crippen LogP contribution is 2.38. The summed E-state index contributed by atoms with van der Waals surface area (Å²) in [6, 6.07) is 0. The van der Waals surface area contributed by atoms with Crippen molar-refractivity contribution in [2.24, 2.45) is 0 Å². The fourth-order valence-corrected chi connectivity index (χ4v) is 6.17. The van der Waals surface area contributed by atoms with Crippen molar-refractivity contribution in [1.29, 1.82) is 0 Å². The van der Waals surface area contributed by atoms with E-state index in [1.807, 2.05) is 0 Å². The monoisotopic (exact) mass is 448 g/mol. The Labute approximate surface area is 185 Å². The minimum absolute atomic E-state index is 0.0975. The first-order valence-corrected chi connectivity index (χ1v) is 12.7. The zero-order valence-electron chi connectivity index (χ0n) is 17.4. The maximum atomic E-state index is 12.6. The molecule has 2 aromatic heterocycles. The lowest BCUT2D eigenvalue weighted by atomic mass is 9.95. The van der Waals surface area contributed by atoms with Crippen molar-refractivity contribution in [1.82, 2.24) is 14.8 Å². The maximum Gasteiger partial charge on any atom is 0.341 e. The summed E-state index contributed by atoms with van der Waals surface area (Å²) in [6.07, 6.45) is 8.58. The summed E-state index contributed by atoms with van der Waals surface area (Å²) in [7, 11) is 0. The van der Waals surface area contributed by atoms with Gasteiger partial charge in [0.1, 0.15) is 16.6 Å². The summed E-state index contributed by atoms with van der Waals surface area (Å²) < 4.78 is 7.47. The second-order valence-electron chi connectivity index (χ2n) is 7.67. The van der Waals surface area contributed by atoms with Crippen LogP contribution in [0.1, 0.15) is 71.5 Å². The van der Waals surface area contributed by atoms with Gasteiger partial charge in [0.05, 0.1) is 23.7 Å². The van der Waals surface area contributed by atoms with Gasteiger partial charge in [-0.1, -0.05) is 6.42 Å². The van der Waals surface area contributed by atoms with E-state index in [1.165, 1.54) is 40.8 Å². The predicted octanol–water partition coefficient (Wildman–Crippen LogP) is 3.99. The molecule has 1 aliphatic heterocycles. The summed E-state index contributed by atoms with van der Waals surface area (Å²) in [5, 5.41) is 12.3. The Morgan fingerprint density at radius 3 is 2.83 bits per heavy atom. The lowest BCUT2D eigenvalue weighted by Gasteiger charge is -2.12. The molecule has 1 N–H and O–H groups in total. The molecule has 0 spiro atoms. The van der Waals surface area contributed by atoms with E-state index in [2.05, 4.69) is 20.1 Å². The third-order valence-electron chi connectivity index (χ3n) is 5.55. The zero-order chi connectivity index (χ0) is 20.9. The third kappa shape index (κ3) is 4.72. The van der Waals surface area contributed by atoms with Crippen LogP contribution in [0.5, 0.6) is 0 Å². The zero-order valence-corrected chi connectivity index (χ0v) is 19.0. The second kappa shape index (κ2) is 9.96. The number of aryl methyl sites for hydroxylation is 2. The number of fused-ring (bicyclic) bond motifs is 2. The van der Waals surface area contributed by atoms with E-state index >= 15 is 0 Å². The Hall–Kier alpha value is -1.87. The number of nitrogens with zero attached hydrogens (tertiary/aromatic N) is 3. The van der Waals surface area contributed by atoms with Crippen LogP contribution in [0.3, 0.4) is 0 Å².